The Morgan fingerprint density at radius 2 is 2.00 bits per heavy atom. The van der Waals surface area contributed by atoms with Gasteiger partial charge in [-0.15, -0.1) is 0 Å². The van der Waals surface area contributed by atoms with Crippen molar-refractivity contribution in [1.82, 2.24) is 14.5 Å². The number of quaternary nitrogens is 1. The first-order valence-corrected chi connectivity index (χ1v) is 10.6. The van der Waals surface area contributed by atoms with E-state index >= 15 is 0 Å². The molecule has 2 aromatic carbocycles. The average Bonchev–Trinajstić information content (AvgIpc) is 3.14. The molecule has 164 valence electrons. The molecule has 4 aromatic rings. The van der Waals surface area contributed by atoms with Crippen LogP contribution in [0.4, 0.5) is 0 Å². The van der Waals surface area contributed by atoms with E-state index in [1.165, 1.54) is 0 Å². The number of ether oxygens (including phenoxy) is 1. The van der Waals surface area contributed by atoms with Gasteiger partial charge in [-0.1, -0.05) is 17.7 Å². The second kappa shape index (κ2) is 7.58. The summed E-state index contributed by atoms with van der Waals surface area (Å²) in [7, 11) is 1.62. The second-order valence-corrected chi connectivity index (χ2v) is 8.38. The maximum Gasteiger partial charge on any atom is 0.335 e. The van der Waals surface area contributed by atoms with Crippen LogP contribution in [0.2, 0.25) is 5.02 Å². The molecule has 3 heterocycles. The molecule has 0 bridgehead atoms. The van der Waals surface area contributed by atoms with E-state index in [0.717, 1.165) is 51.0 Å². The molecule has 0 aliphatic carbocycles. The van der Waals surface area contributed by atoms with Crippen molar-refractivity contribution in [2.75, 3.05) is 13.7 Å². The second-order valence-electron chi connectivity index (χ2n) is 7.94. The number of nitrogens with two attached hydrogens (primary N) is 1. The van der Waals surface area contributed by atoms with Crippen LogP contribution < -0.4 is 21.3 Å². The third-order valence-corrected chi connectivity index (χ3v) is 6.33. The zero-order chi connectivity index (χ0) is 22.6. The molecule has 5 rings (SSSR count). The van der Waals surface area contributed by atoms with Crippen LogP contribution in [0.3, 0.4) is 0 Å². The Bertz CT molecular complexity index is 1480. The molecule has 0 unspecified atom stereocenters. The highest BCUT2D eigenvalue weighted by molar-refractivity contribution is 6.30. The highest BCUT2D eigenvalue weighted by atomic mass is 35.5. The molecule has 0 amide bonds. The molecule has 0 saturated heterocycles. The maximum absolute atomic E-state index is 12.9. The van der Waals surface area contributed by atoms with Crippen molar-refractivity contribution >= 4 is 22.5 Å². The molecule has 1 aliphatic rings. The first kappa shape index (κ1) is 20.4. The molecule has 0 fully saturated rings. The van der Waals surface area contributed by atoms with Gasteiger partial charge in [0.25, 0.3) is 5.56 Å². The standard InChI is InChI=1S/C23H21ClN4O4/c1-11-3-4-12(24)9-17(11)28-22(30)18(21(29)27-23(28)31)20-19-14(7-8-25-20)15-10-13(32-2)5-6-16(15)26-19/h3-6,9-10,20,25-26,30H,7-8H2,1-2H3,(H,27,29,31)/p+1/t20-/m1/s1. The molecule has 0 radical (unpaired) electrons. The van der Waals surface area contributed by atoms with Crippen LogP contribution in [-0.4, -0.2) is 33.3 Å². The van der Waals surface area contributed by atoms with Gasteiger partial charge in [-0.2, -0.15) is 0 Å². The Morgan fingerprint density at radius 3 is 2.78 bits per heavy atom. The van der Waals surface area contributed by atoms with Gasteiger partial charge in [-0.25, -0.2) is 9.36 Å². The first-order chi connectivity index (χ1) is 15.4. The molecule has 8 nitrogen and oxygen atoms in total. The number of aromatic nitrogens is 3. The smallest absolute Gasteiger partial charge is 0.335 e. The van der Waals surface area contributed by atoms with Crippen LogP contribution in [0, 0.1) is 6.92 Å². The predicted octanol–water partition coefficient (Wildman–Crippen LogP) is 1.89. The maximum atomic E-state index is 12.9. The van der Waals surface area contributed by atoms with Crippen LogP contribution in [0.1, 0.15) is 28.4 Å². The third kappa shape index (κ3) is 3.11. The van der Waals surface area contributed by atoms with Crippen LogP contribution >= 0.6 is 11.6 Å². The molecular weight excluding hydrogens is 432 g/mol. The zero-order valence-corrected chi connectivity index (χ0v) is 18.3. The molecular formula is C23H22ClN4O4+. The molecule has 9 heteroatoms. The molecule has 5 N–H and O–H groups in total. The lowest BCUT2D eigenvalue weighted by Crippen LogP contribution is -2.87. The molecule has 1 atom stereocenters. The largest absolute Gasteiger partial charge is 0.497 e. The fourth-order valence-corrected chi connectivity index (χ4v) is 4.72. The minimum absolute atomic E-state index is 0.114. The summed E-state index contributed by atoms with van der Waals surface area (Å²) >= 11 is 6.14. The number of rotatable bonds is 3. The van der Waals surface area contributed by atoms with E-state index in [4.69, 9.17) is 16.3 Å². The summed E-state index contributed by atoms with van der Waals surface area (Å²) in [6.45, 7) is 2.52. The number of aryl methyl sites for hydroxylation is 1. The van der Waals surface area contributed by atoms with E-state index in [1.54, 1.807) is 32.2 Å². The SMILES string of the molecule is COc1ccc2[nH]c3c(c2c1)CC[NH2+][C@@H]3c1c(O)n(-c2cc(Cl)ccc2C)c(=O)[nH]c1=O. The van der Waals surface area contributed by atoms with Gasteiger partial charge in [0.2, 0.25) is 5.88 Å². The van der Waals surface area contributed by atoms with Crippen LogP contribution in [0.5, 0.6) is 11.6 Å². The third-order valence-electron chi connectivity index (χ3n) is 6.10. The lowest BCUT2D eigenvalue weighted by Gasteiger charge is -2.22. The predicted molar refractivity (Wildman–Crippen MR) is 121 cm³/mol. The van der Waals surface area contributed by atoms with Gasteiger partial charge in [0.1, 0.15) is 11.3 Å². The number of benzene rings is 2. The summed E-state index contributed by atoms with van der Waals surface area (Å²) in [6, 6.07) is 10.3. The van der Waals surface area contributed by atoms with Crippen LogP contribution in [0.25, 0.3) is 16.6 Å². The highest BCUT2D eigenvalue weighted by Crippen LogP contribution is 2.34. The number of nitrogens with zero attached hydrogens (tertiary/aromatic N) is 1. The van der Waals surface area contributed by atoms with Gasteiger partial charge in [-0.3, -0.25) is 9.78 Å². The number of hydrogen-bond donors (Lipinski definition) is 4. The number of fused-ring (bicyclic) bond motifs is 3. The van der Waals surface area contributed by atoms with Crippen molar-refractivity contribution in [2.45, 2.75) is 19.4 Å². The highest BCUT2D eigenvalue weighted by Gasteiger charge is 2.34. The first-order valence-electron chi connectivity index (χ1n) is 10.3. The Kier molecular flexibility index (Phi) is 4.83. The fraction of sp³-hybridized carbons (Fsp3) is 0.217. The number of nitrogens with one attached hydrogen (secondary N) is 2. The van der Waals surface area contributed by atoms with E-state index in [2.05, 4.69) is 9.97 Å². The Labute approximate surface area is 187 Å². The fourth-order valence-electron chi connectivity index (χ4n) is 4.55. The summed E-state index contributed by atoms with van der Waals surface area (Å²) in [6.07, 6.45) is 0.796. The van der Waals surface area contributed by atoms with Gasteiger partial charge in [0, 0.05) is 22.3 Å². The summed E-state index contributed by atoms with van der Waals surface area (Å²) in [5.74, 6) is 0.352. The van der Waals surface area contributed by atoms with Gasteiger partial charge in [-0.05, 0) is 48.4 Å². The van der Waals surface area contributed by atoms with Gasteiger partial charge in [0.15, 0.2) is 6.04 Å². The summed E-state index contributed by atoms with van der Waals surface area (Å²) in [5.41, 5.74) is 2.74. The molecule has 2 aromatic heterocycles. The lowest BCUT2D eigenvalue weighted by atomic mass is 9.95. The normalized spacial score (nSPS) is 15.7. The Balaban J connectivity index is 1.75. The van der Waals surface area contributed by atoms with Gasteiger partial charge < -0.3 is 20.1 Å². The van der Waals surface area contributed by atoms with Gasteiger partial charge >= 0.3 is 5.69 Å². The van der Waals surface area contributed by atoms with Crippen molar-refractivity contribution in [3.05, 3.63) is 84.6 Å². The molecule has 32 heavy (non-hydrogen) atoms. The van der Waals surface area contributed by atoms with Crippen molar-refractivity contribution in [3.63, 3.8) is 0 Å². The van der Waals surface area contributed by atoms with E-state index in [0.29, 0.717) is 10.7 Å². The number of aromatic amines is 2. The number of H-pyrrole nitrogens is 2. The van der Waals surface area contributed by atoms with Crippen LogP contribution in [-0.2, 0) is 6.42 Å². The number of aromatic hydroxyl groups is 1. The van der Waals surface area contributed by atoms with Crippen molar-refractivity contribution in [3.8, 4) is 17.3 Å². The van der Waals surface area contributed by atoms with Crippen molar-refractivity contribution in [1.29, 1.82) is 0 Å². The van der Waals surface area contributed by atoms with E-state index < -0.39 is 23.2 Å². The van der Waals surface area contributed by atoms with Gasteiger partial charge in [0.05, 0.1) is 25.0 Å². The number of methoxy groups -OCH3 is 1. The minimum Gasteiger partial charge on any atom is -0.497 e. The zero-order valence-electron chi connectivity index (χ0n) is 17.5. The summed E-state index contributed by atoms with van der Waals surface area (Å²) < 4.78 is 6.47. The monoisotopic (exact) mass is 453 g/mol. The summed E-state index contributed by atoms with van der Waals surface area (Å²) in [5, 5.41) is 14.6. The molecule has 0 saturated carbocycles. The quantitative estimate of drug-likeness (QED) is 0.379. The van der Waals surface area contributed by atoms with E-state index in [9.17, 15) is 14.7 Å². The van der Waals surface area contributed by atoms with Crippen molar-refractivity contribution < 1.29 is 15.2 Å². The number of halogens is 1. The lowest BCUT2D eigenvalue weighted by molar-refractivity contribution is -0.690. The average molecular weight is 454 g/mol. The van der Waals surface area contributed by atoms with E-state index in [-0.39, 0.29) is 5.56 Å². The summed E-state index contributed by atoms with van der Waals surface area (Å²) in [4.78, 5) is 31.4. The minimum atomic E-state index is -0.723. The number of hydrogen-bond acceptors (Lipinski definition) is 4. The van der Waals surface area contributed by atoms with Crippen LogP contribution in [0.15, 0.2) is 46.0 Å². The molecule has 1 aliphatic heterocycles. The molecule has 0 spiro atoms. The Morgan fingerprint density at radius 1 is 1.19 bits per heavy atom. The topological polar surface area (TPSA) is 117 Å². The van der Waals surface area contributed by atoms with Crippen molar-refractivity contribution in [2.24, 2.45) is 0 Å². The van der Waals surface area contributed by atoms with E-state index in [1.807, 2.05) is 23.5 Å². The Hall–Kier alpha value is -3.49.